The number of halogens is 1. The van der Waals surface area contributed by atoms with E-state index in [-0.39, 0.29) is 24.2 Å². The predicted molar refractivity (Wildman–Crippen MR) is 89.6 cm³/mol. The van der Waals surface area contributed by atoms with Gasteiger partial charge in [-0.15, -0.1) is 0 Å². The van der Waals surface area contributed by atoms with Gasteiger partial charge in [-0.3, -0.25) is 14.5 Å². The van der Waals surface area contributed by atoms with Crippen molar-refractivity contribution in [3.63, 3.8) is 0 Å². The fourth-order valence-electron chi connectivity index (χ4n) is 2.72. The second kappa shape index (κ2) is 6.05. The summed E-state index contributed by atoms with van der Waals surface area (Å²) >= 11 is 3.40. The molecule has 0 bridgehead atoms. The summed E-state index contributed by atoms with van der Waals surface area (Å²) in [5.74, 6) is -0.484. The number of hydrogen-bond donors (Lipinski definition) is 0. The molecule has 0 saturated carbocycles. The Morgan fingerprint density at radius 1 is 1.05 bits per heavy atom. The zero-order chi connectivity index (χ0) is 15.7. The minimum atomic E-state index is -0.269. The molecule has 1 aliphatic heterocycles. The summed E-state index contributed by atoms with van der Waals surface area (Å²) in [6, 6.07) is 15.4. The Balaban J connectivity index is 1.79. The third-order valence-electron chi connectivity index (χ3n) is 3.93. The van der Waals surface area contributed by atoms with Crippen molar-refractivity contribution in [3.8, 4) is 0 Å². The van der Waals surface area contributed by atoms with E-state index in [1.165, 1.54) is 4.90 Å². The van der Waals surface area contributed by atoms with Gasteiger partial charge in [-0.05, 0) is 43.2 Å². The molecule has 1 heterocycles. The summed E-state index contributed by atoms with van der Waals surface area (Å²) in [7, 11) is 0. The molecule has 2 amide bonds. The third-order valence-corrected chi connectivity index (χ3v) is 4.46. The second-order valence-corrected chi connectivity index (χ2v) is 6.55. The van der Waals surface area contributed by atoms with E-state index in [4.69, 9.17) is 0 Å². The van der Waals surface area contributed by atoms with Crippen LogP contribution in [0.1, 0.15) is 17.5 Å². The number of carbonyl (C=O) groups is 2. The van der Waals surface area contributed by atoms with E-state index in [0.717, 1.165) is 15.6 Å². The molecule has 1 saturated heterocycles. The molecule has 0 unspecified atom stereocenters. The van der Waals surface area contributed by atoms with E-state index in [2.05, 4.69) is 15.9 Å². The Morgan fingerprint density at radius 3 is 2.32 bits per heavy atom. The summed E-state index contributed by atoms with van der Waals surface area (Å²) < 4.78 is 1.01. The van der Waals surface area contributed by atoms with Crippen LogP contribution in [0.3, 0.4) is 0 Å². The molecule has 0 aromatic heterocycles. The first kappa shape index (κ1) is 15.0. The SMILES string of the molecule is Cc1ccc(N2C(=O)C[C@H](Cc3ccc(Br)cc3)C2=O)cc1. The lowest BCUT2D eigenvalue weighted by molar-refractivity contribution is -0.122. The Labute approximate surface area is 138 Å². The number of anilines is 1. The summed E-state index contributed by atoms with van der Waals surface area (Å²) in [6.07, 6.45) is 0.878. The van der Waals surface area contributed by atoms with Gasteiger partial charge in [0.2, 0.25) is 11.8 Å². The zero-order valence-corrected chi connectivity index (χ0v) is 13.8. The molecular formula is C18H16BrNO2. The van der Waals surface area contributed by atoms with Crippen molar-refractivity contribution in [1.82, 2.24) is 0 Å². The van der Waals surface area contributed by atoms with E-state index in [1.807, 2.05) is 55.5 Å². The van der Waals surface area contributed by atoms with Crippen LogP contribution in [0, 0.1) is 12.8 Å². The van der Waals surface area contributed by atoms with E-state index in [9.17, 15) is 9.59 Å². The molecule has 112 valence electrons. The summed E-state index contributed by atoms with van der Waals surface area (Å²) in [4.78, 5) is 26.1. The van der Waals surface area contributed by atoms with E-state index >= 15 is 0 Å². The molecule has 2 aromatic carbocycles. The topological polar surface area (TPSA) is 37.4 Å². The molecule has 0 N–H and O–H groups in total. The number of carbonyl (C=O) groups excluding carboxylic acids is 2. The number of rotatable bonds is 3. The first-order valence-corrected chi connectivity index (χ1v) is 8.02. The maximum Gasteiger partial charge on any atom is 0.237 e. The molecule has 2 aromatic rings. The molecule has 1 fully saturated rings. The van der Waals surface area contributed by atoms with Gasteiger partial charge in [0.15, 0.2) is 0 Å². The van der Waals surface area contributed by atoms with Crippen LogP contribution in [0.4, 0.5) is 5.69 Å². The highest BCUT2D eigenvalue weighted by atomic mass is 79.9. The standard InChI is InChI=1S/C18H16BrNO2/c1-12-2-8-16(9-3-12)20-17(21)11-14(18(20)22)10-13-4-6-15(19)7-5-13/h2-9,14H,10-11H2,1H3/t14-/m0/s1. The largest absolute Gasteiger partial charge is 0.274 e. The van der Waals surface area contributed by atoms with Crippen molar-refractivity contribution < 1.29 is 9.59 Å². The number of imide groups is 1. The number of amides is 2. The van der Waals surface area contributed by atoms with Crippen LogP contribution in [0.2, 0.25) is 0 Å². The van der Waals surface area contributed by atoms with Crippen molar-refractivity contribution in [2.45, 2.75) is 19.8 Å². The number of nitrogens with zero attached hydrogens (tertiary/aromatic N) is 1. The number of benzene rings is 2. The van der Waals surface area contributed by atoms with Crippen molar-refractivity contribution in [1.29, 1.82) is 0 Å². The molecule has 22 heavy (non-hydrogen) atoms. The molecule has 4 heteroatoms. The average molecular weight is 358 g/mol. The van der Waals surface area contributed by atoms with Crippen LogP contribution in [0.25, 0.3) is 0 Å². The smallest absolute Gasteiger partial charge is 0.237 e. The van der Waals surface area contributed by atoms with Crippen molar-refractivity contribution in [3.05, 3.63) is 64.1 Å². The average Bonchev–Trinajstić information content (AvgIpc) is 2.77. The molecule has 3 rings (SSSR count). The van der Waals surface area contributed by atoms with E-state index in [0.29, 0.717) is 12.1 Å². The lowest BCUT2D eigenvalue weighted by Gasteiger charge is -2.15. The normalized spacial score (nSPS) is 18.1. The van der Waals surface area contributed by atoms with Crippen LogP contribution >= 0.6 is 15.9 Å². The molecule has 1 aliphatic rings. The van der Waals surface area contributed by atoms with Crippen LogP contribution in [-0.4, -0.2) is 11.8 Å². The lowest BCUT2D eigenvalue weighted by atomic mass is 9.98. The fourth-order valence-corrected chi connectivity index (χ4v) is 2.99. The molecule has 0 radical (unpaired) electrons. The van der Waals surface area contributed by atoms with E-state index in [1.54, 1.807) is 0 Å². The van der Waals surface area contributed by atoms with Crippen molar-refractivity contribution in [2.75, 3.05) is 4.90 Å². The van der Waals surface area contributed by atoms with Gasteiger partial charge in [0.25, 0.3) is 0 Å². The Bertz CT molecular complexity index is 707. The van der Waals surface area contributed by atoms with Gasteiger partial charge in [-0.1, -0.05) is 45.8 Å². The highest BCUT2D eigenvalue weighted by molar-refractivity contribution is 9.10. The highest BCUT2D eigenvalue weighted by Crippen LogP contribution is 2.29. The van der Waals surface area contributed by atoms with Crippen LogP contribution in [-0.2, 0) is 16.0 Å². The molecule has 0 spiro atoms. The monoisotopic (exact) mass is 357 g/mol. The quantitative estimate of drug-likeness (QED) is 0.781. The van der Waals surface area contributed by atoms with Gasteiger partial charge in [-0.2, -0.15) is 0 Å². The van der Waals surface area contributed by atoms with Gasteiger partial charge in [0, 0.05) is 10.9 Å². The summed E-state index contributed by atoms with van der Waals surface area (Å²) in [6.45, 7) is 1.98. The van der Waals surface area contributed by atoms with Gasteiger partial charge >= 0.3 is 0 Å². The second-order valence-electron chi connectivity index (χ2n) is 5.63. The zero-order valence-electron chi connectivity index (χ0n) is 12.3. The van der Waals surface area contributed by atoms with Gasteiger partial charge in [0.1, 0.15) is 0 Å². The maximum atomic E-state index is 12.6. The molecule has 0 aliphatic carbocycles. The Kier molecular flexibility index (Phi) is 4.12. The molecular weight excluding hydrogens is 342 g/mol. The minimum absolute atomic E-state index is 0.100. The molecule has 3 nitrogen and oxygen atoms in total. The number of hydrogen-bond acceptors (Lipinski definition) is 2. The van der Waals surface area contributed by atoms with Crippen LogP contribution in [0.15, 0.2) is 53.0 Å². The Hall–Kier alpha value is -1.94. The third kappa shape index (κ3) is 2.97. The van der Waals surface area contributed by atoms with Crippen LogP contribution < -0.4 is 4.90 Å². The highest BCUT2D eigenvalue weighted by Gasteiger charge is 2.39. The van der Waals surface area contributed by atoms with Gasteiger partial charge in [0.05, 0.1) is 11.6 Å². The minimum Gasteiger partial charge on any atom is -0.274 e. The molecule has 1 atom stereocenters. The summed E-state index contributed by atoms with van der Waals surface area (Å²) in [5.41, 5.74) is 2.84. The van der Waals surface area contributed by atoms with Crippen molar-refractivity contribution in [2.24, 2.45) is 5.92 Å². The summed E-state index contributed by atoms with van der Waals surface area (Å²) in [5, 5.41) is 0. The van der Waals surface area contributed by atoms with Gasteiger partial charge in [-0.25, -0.2) is 0 Å². The predicted octanol–water partition coefficient (Wildman–Crippen LogP) is 3.88. The van der Waals surface area contributed by atoms with Crippen molar-refractivity contribution >= 4 is 33.4 Å². The van der Waals surface area contributed by atoms with Gasteiger partial charge < -0.3 is 0 Å². The fraction of sp³-hybridized carbons (Fsp3) is 0.222. The Morgan fingerprint density at radius 2 is 1.68 bits per heavy atom. The van der Waals surface area contributed by atoms with E-state index < -0.39 is 0 Å². The lowest BCUT2D eigenvalue weighted by Crippen LogP contribution is -2.30. The van der Waals surface area contributed by atoms with Crippen LogP contribution in [0.5, 0.6) is 0 Å². The maximum absolute atomic E-state index is 12.6. The first-order valence-electron chi connectivity index (χ1n) is 7.22. The first-order chi connectivity index (χ1) is 10.5. The number of aryl methyl sites for hydroxylation is 1.